The molecule has 0 unspecified atom stereocenters. The number of halogens is 2. The van der Waals surface area contributed by atoms with Gasteiger partial charge in [-0.1, -0.05) is 6.92 Å². The summed E-state index contributed by atoms with van der Waals surface area (Å²) in [5.41, 5.74) is 2.22. The number of hydrogen-bond donors (Lipinski definition) is 1. The highest BCUT2D eigenvalue weighted by Gasteiger charge is 2.21. The molecule has 0 fully saturated rings. The number of benzene rings is 2. The number of H-pyrrole nitrogens is 1. The molecule has 151 valence electrons. The average Bonchev–Trinajstić information content (AvgIpc) is 3.35. The van der Waals surface area contributed by atoms with Crippen LogP contribution in [0.2, 0.25) is 0 Å². The number of aromatic nitrogens is 5. The molecule has 0 bridgehead atoms. The fraction of sp³-hybridized carbons (Fsp3) is 0.136. The molecule has 3 aromatic heterocycles. The Hall–Kier alpha value is -3.68. The van der Waals surface area contributed by atoms with Gasteiger partial charge in [0.2, 0.25) is 0 Å². The summed E-state index contributed by atoms with van der Waals surface area (Å²) in [6.07, 6.45) is 4.34. The normalized spacial score (nSPS) is 11.7. The highest BCUT2D eigenvalue weighted by Crippen LogP contribution is 2.33. The summed E-state index contributed by atoms with van der Waals surface area (Å²) < 4.78 is 33.1. The lowest BCUT2D eigenvalue weighted by atomic mass is 10.1. The molecule has 0 atom stereocenters. The van der Waals surface area contributed by atoms with Crippen LogP contribution in [0, 0.1) is 18.2 Å². The predicted molar refractivity (Wildman–Crippen MR) is 111 cm³/mol. The van der Waals surface area contributed by atoms with Crippen LogP contribution in [0.4, 0.5) is 8.78 Å². The van der Waals surface area contributed by atoms with Crippen molar-refractivity contribution in [1.82, 2.24) is 23.9 Å². The summed E-state index contributed by atoms with van der Waals surface area (Å²) >= 11 is 0. The van der Waals surface area contributed by atoms with E-state index in [1.165, 1.54) is 28.8 Å². The summed E-state index contributed by atoms with van der Waals surface area (Å²) in [6.45, 7) is 3.94. The molecule has 0 amide bonds. The molecule has 0 saturated heterocycles. The zero-order valence-electron chi connectivity index (χ0n) is 16.4. The van der Waals surface area contributed by atoms with E-state index in [4.69, 9.17) is 0 Å². The van der Waals surface area contributed by atoms with Gasteiger partial charge in [-0.3, -0.25) is 0 Å². The monoisotopic (exact) mass is 406 g/mol. The standard InChI is InChI=1S/C22H18F2N5O/c1-3-8-28-12-20(16-10-14(24)5-7-19(16)28)29-21(25-26-22(29)30)17-11-27(2)18-6-4-13(23)9-15(17)18/h4-12H,3H2,1-2H3,(H,26,30). The summed E-state index contributed by atoms with van der Waals surface area (Å²) in [5, 5.41) is 7.91. The number of fused-ring (bicyclic) bond motifs is 2. The molecule has 5 rings (SSSR count). The number of nitrogens with one attached hydrogen (secondary N) is 1. The van der Waals surface area contributed by atoms with Crippen LogP contribution in [-0.2, 0) is 7.05 Å². The van der Waals surface area contributed by atoms with Crippen molar-refractivity contribution in [1.29, 1.82) is 0 Å². The third-order valence-corrected chi connectivity index (χ3v) is 5.26. The van der Waals surface area contributed by atoms with Crippen molar-refractivity contribution in [2.75, 3.05) is 0 Å². The molecular formula is C22H18F2N5O. The van der Waals surface area contributed by atoms with Crippen LogP contribution >= 0.6 is 0 Å². The topological polar surface area (TPSA) is 60.5 Å². The summed E-state index contributed by atoms with van der Waals surface area (Å²) in [7, 11) is 1.84. The predicted octanol–water partition coefficient (Wildman–Crippen LogP) is 4.37. The molecule has 8 heteroatoms. The number of aryl methyl sites for hydroxylation is 1. The van der Waals surface area contributed by atoms with Crippen LogP contribution in [0.15, 0.2) is 53.6 Å². The van der Waals surface area contributed by atoms with Gasteiger partial charge in [-0.05, 0) is 42.8 Å². The van der Waals surface area contributed by atoms with Gasteiger partial charge in [0, 0.05) is 41.3 Å². The van der Waals surface area contributed by atoms with Crippen LogP contribution in [0.1, 0.15) is 13.3 Å². The van der Waals surface area contributed by atoms with Crippen LogP contribution in [0.5, 0.6) is 0 Å². The minimum absolute atomic E-state index is 0.330. The van der Waals surface area contributed by atoms with Crippen LogP contribution in [-0.4, -0.2) is 23.9 Å². The molecule has 30 heavy (non-hydrogen) atoms. The molecule has 1 N–H and O–H groups in total. The minimum atomic E-state index is -0.460. The average molecular weight is 406 g/mol. The molecule has 3 heterocycles. The Balaban J connectivity index is 1.83. The van der Waals surface area contributed by atoms with Crippen molar-refractivity contribution in [3.05, 3.63) is 77.5 Å². The van der Waals surface area contributed by atoms with E-state index in [2.05, 4.69) is 10.2 Å². The first-order chi connectivity index (χ1) is 14.5. The Morgan fingerprint density at radius 1 is 1.03 bits per heavy atom. The Labute approximate surface area is 170 Å². The van der Waals surface area contributed by atoms with Crippen molar-refractivity contribution in [3.8, 4) is 17.1 Å². The Morgan fingerprint density at radius 3 is 2.47 bits per heavy atom. The fourth-order valence-corrected chi connectivity index (χ4v) is 3.98. The quantitative estimate of drug-likeness (QED) is 0.482. The van der Waals surface area contributed by atoms with E-state index in [1.54, 1.807) is 24.5 Å². The highest BCUT2D eigenvalue weighted by atomic mass is 19.1. The molecule has 0 spiro atoms. The van der Waals surface area contributed by atoms with E-state index in [9.17, 15) is 13.6 Å². The van der Waals surface area contributed by atoms with Crippen molar-refractivity contribution in [2.45, 2.75) is 13.3 Å². The lowest BCUT2D eigenvalue weighted by Gasteiger charge is -2.04. The summed E-state index contributed by atoms with van der Waals surface area (Å²) in [4.78, 5) is 12.8. The molecular weight excluding hydrogens is 388 g/mol. The molecule has 1 radical (unpaired) electrons. The lowest BCUT2D eigenvalue weighted by molar-refractivity contribution is 0.629. The maximum atomic E-state index is 14.1. The third kappa shape index (κ3) is 2.67. The van der Waals surface area contributed by atoms with Gasteiger partial charge in [0.25, 0.3) is 0 Å². The Kier molecular flexibility index (Phi) is 4.09. The second-order valence-corrected chi connectivity index (χ2v) is 7.18. The zero-order chi connectivity index (χ0) is 21.0. The molecule has 2 aromatic carbocycles. The van der Waals surface area contributed by atoms with Gasteiger partial charge in [0.1, 0.15) is 11.6 Å². The van der Waals surface area contributed by atoms with E-state index < -0.39 is 11.5 Å². The van der Waals surface area contributed by atoms with Gasteiger partial charge < -0.3 is 9.13 Å². The molecule has 6 nitrogen and oxygen atoms in total. The summed E-state index contributed by atoms with van der Waals surface area (Å²) in [5.74, 6) is -0.449. The molecule has 0 saturated carbocycles. The Bertz CT molecular complexity index is 1470. The SMILES string of the molecule is CC[CH]n1cc(-n2c(-c3cn(C)c4ccc(F)cc34)n[nH]c2=O)c2cc(F)ccc21. The van der Waals surface area contributed by atoms with E-state index in [1.807, 2.05) is 29.7 Å². The van der Waals surface area contributed by atoms with Gasteiger partial charge in [-0.25, -0.2) is 23.2 Å². The zero-order valence-corrected chi connectivity index (χ0v) is 16.4. The first-order valence-corrected chi connectivity index (χ1v) is 9.54. The maximum Gasteiger partial charge on any atom is 0.348 e. The number of rotatable bonds is 4. The van der Waals surface area contributed by atoms with Crippen LogP contribution in [0.3, 0.4) is 0 Å². The van der Waals surface area contributed by atoms with Crippen molar-refractivity contribution in [2.24, 2.45) is 7.05 Å². The van der Waals surface area contributed by atoms with E-state index in [0.717, 1.165) is 17.5 Å². The minimum Gasteiger partial charge on any atom is -0.350 e. The molecule has 0 aliphatic heterocycles. The van der Waals surface area contributed by atoms with Gasteiger partial charge in [0.05, 0.1) is 17.7 Å². The third-order valence-electron chi connectivity index (χ3n) is 5.26. The van der Waals surface area contributed by atoms with Crippen molar-refractivity contribution >= 4 is 21.8 Å². The molecule has 0 aliphatic rings. The first-order valence-electron chi connectivity index (χ1n) is 9.54. The number of hydrogen-bond acceptors (Lipinski definition) is 2. The first kappa shape index (κ1) is 18.4. The number of nitrogens with zero attached hydrogens (tertiary/aromatic N) is 4. The van der Waals surface area contributed by atoms with Crippen LogP contribution < -0.4 is 5.69 Å². The second-order valence-electron chi connectivity index (χ2n) is 7.18. The molecule has 0 aliphatic carbocycles. The largest absolute Gasteiger partial charge is 0.350 e. The van der Waals surface area contributed by atoms with Crippen LogP contribution in [0.25, 0.3) is 38.9 Å². The molecule has 5 aromatic rings. The van der Waals surface area contributed by atoms with E-state index >= 15 is 0 Å². The number of aromatic amines is 1. The van der Waals surface area contributed by atoms with Gasteiger partial charge in [-0.15, -0.1) is 0 Å². The van der Waals surface area contributed by atoms with Gasteiger partial charge in [0.15, 0.2) is 5.82 Å². The fourth-order valence-electron chi connectivity index (χ4n) is 3.98. The van der Waals surface area contributed by atoms with Crippen molar-refractivity contribution < 1.29 is 8.78 Å². The second kappa shape index (κ2) is 6.69. The summed E-state index contributed by atoms with van der Waals surface area (Å²) in [6, 6.07) is 8.96. The smallest absolute Gasteiger partial charge is 0.348 e. The highest BCUT2D eigenvalue weighted by molar-refractivity contribution is 5.96. The van der Waals surface area contributed by atoms with E-state index in [0.29, 0.717) is 27.8 Å². The van der Waals surface area contributed by atoms with E-state index in [-0.39, 0.29) is 5.82 Å². The Morgan fingerprint density at radius 2 is 1.73 bits per heavy atom. The lowest BCUT2D eigenvalue weighted by Crippen LogP contribution is -2.15. The maximum absolute atomic E-state index is 14.1. The van der Waals surface area contributed by atoms with Gasteiger partial charge >= 0.3 is 5.69 Å². The van der Waals surface area contributed by atoms with Crippen molar-refractivity contribution in [3.63, 3.8) is 0 Å². The van der Waals surface area contributed by atoms with Gasteiger partial charge in [-0.2, -0.15) is 5.10 Å².